The van der Waals surface area contributed by atoms with E-state index in [4.69, 9.17) is 0 Å². The van der Waals surface area contributed by atoms with Gasteiger partial charge in [-0.15, -0.1) is 0 Å². The molecule has 5 heteroatoms. The van der Waals surface area contributed by atoms with Crippen LogP contribution in [0.3, 0.4) is 0 Å². The zero-order valence-corrected chi connectivity index (χ0v) is 13.2. The number of H-pyrrole nitrogens is 1. The normalized spacial score (nSPS) is 16.1. The minimum atomic E-state index is -0.452. The van der Waals surface area contributed by atoms with Crippen molar-refractivity contribution in [1.82, 2.24) is 9.97 Å². The van der Waals surface area contributed by atoms with Crippen molar-refractivity contribution in [3.8, 4) is 11.3 Å². The van der Waals surface area contributed by atoms with Crippen molar-refractivity contribution in [1.29, 1.82) is 0 Å². The van der Waals surface area contributed by atoms with E-state index < -0.39 is 5.69 Å². The number of hydrogen-bond acceptors (Lipinski definition) is 3. The summed E-state index contributed by atoms with van der Waals surface area (Å²) in [6.45, 7) is 7.86. The first-order chi connectivity index (χ1) is 10.3. The number of carbonyl (C=O) groups is 1. The van der Waals surface area contributed by atoms with Crippen LogP contribution in [0.4, 0.5) is 5.82 Å². The van der Waals surface area contributed by atoms with Crippen molar-refractivity contribution in [2.24, 2.45) is 5.41 Å². The number of amides is 1. The SMILES string of the molecule is CC(=O)Nc1nc(=O)[nH]c2c1C(C(C)(C)C)c1ccccc1-2. The fourth-order valence-electron chi connectivity index (χ4n) is 3.27. The molecular formula is C17H19N3O2. The number of nitrogens with one attached hydrogen (secondary N) is 2. The molecule has 3 rings (SSSR count). The summed E-state index contributed by atoms with van der Waals surface area (Å²) in [4.78, 5) is 30.2. The molecule has 2 aromatic rings. The van der Waals surface area contributed by atoms with Gasteiger partial charge in [0.2, 0.25) is 5.91 Å². The maximum Gasteiger partial charge on any atom is 0.347 e. The van der Waals surface area contributed by atoms with Gasteiger partial charge in [-0.3, -0.25) is 4.79 Å². The number of carbonyl (C=O) groups excluding carboxylic acids is 1. The Hall–Kier alpha value is -2.43. The lowest BCUT2D eigenvalue weighted by Gasteiger charge is -2.29. The van der Waals surface area contributed by atoms with Crippen LogP contribution < -0.4 is 11.0 Å². The number of aromatic nitrogens is 2. The maximum atomic E-state index is 11.9. The van der Waals surface area contributed by atoms with Gasteiger partial charge in [-0.1, -0.05) is 45.0 Å². The number of rotatable bonds is 1. The Morgan fingerprint density at radius 3 is 2.59 bits per heavy atom. The minimum absolute atomic E-state index is 0.0601. The lowest BCUT2D eigenvalue weighted by atomic mass is 9.75. The molecule has 1 aliphatic rings. The minimum Gasteiger partial charge on any atom is -0.310 e. The summed E-state index contributed by atoms with van der Waals surface area (Å²) in [6.07, 6.45) is 0. The van der Waals surface area contributed by atoms with E-state index in [0.29, 0.717) is 5.82 Å². The Bertz CT molecular complexity index is 815. The predicted octanol–water partition coefficient (Wildman–Crippen LogP) is 2.89. The highest BCUT2D eigenvalue weighted by Gasteiger charge is 2.39. The Morgan fingerprint density at radius 1 is 1.27 bits per heavy atom. The third-order valence-corrected chi connectivity index (χ3v) is 3.96. The number of benzene rings is 1. The first kappa shape index (κ1) is 14.5. The Balaban J connectivity index is 2.35. The predicted molar refractivity (Wildman–Crippen MR) is 85.9 cm³/mol. The fourth-order valence-corrected chi connectivity index (χ4v) is 3.27. The van der Waals surface area contributed by atoms with Gasteiger partial charge in [0, 0.05) is 24.0 Å². The second kappa shape index (κ2) is 4.80. The molecule has 1 atom stereocenters. The van der Waals surface area contributed by atoms with Gasteiger partial charge >= 0.3 is 5.69 Å². The van der Waals surface area contributed by atoms with E-state index in [1.165, 1.54) is 6.92 Å². The molecule has 1 aromatic carbocycles. The van der Waals surface area contributed by atoms with Crippen LogP contribution in [0, 0.1) is 5.41 Å². The summed E-state index contributed by atoms with van der Waals surface area (Å²) in [5, 5.41) is 2.71. The van der Waals surface area contributed by atoms with E-state index in [0.717, 1.165) is 22.4 Å². The molecule has 22 heavy (non-hydrogen) atoms. The van der Waals surface area contributed by atoms with E-state index in [9.17, 15) is 9.59 Å². The summed E-state index contributed by atoms with van der Waals surface area (Å²) >= 11 is 0. The molecule has 1 aliphatic carbocycles. The zero-order valence-electron chi connectivity index (χ0n) is 13.2. The smallest absolute Gasteiger partial charge is 0.310 e. The molecule has 0 fully saturated rings. The molecule has 0 radical (unpaired) electrons. The molecule has 1 amide bonds. The highest BCUT2D eigenvalue weighted by atomic mass is 16.2. The lowest BCUT2D eigenvalue weighted by Crippen LogP contribution is -2.23. The van der Waals surface area contributed by atoms with Gasteiger partial charge in [-0.2, -0.15) is 4.98 Å². The van der Waals surface area contributed by atoms with Crippen molar-refractivity contribution in [3.63, 3.8) is 0 Å². The van der Waals surface area contributed by atoms with Gasteiger partial charge in [0.05, 0.1) is 5.69 Å². The highest BCUT2D eigenvalue weighted by molar-refractivity contribution is 5.91. The van der Waals surface area contributed by atoms with Crippen molar-refractivity contribution in [2.45, 2.75) is 33.6 Å². The van der Waals surface area contributed by atoms with Gasteiger partial charge < -0.3 is 10.3 Å². The molecule has 0 saturated carbocycles. The summed E-state index contributed by atoms with van der Waals surface area (Å²) in [5.41, 5.74) is 3.28. The van der Waals surface area contributed by atoms with E-state index in [1.54, 1.807) is 0 Å². The van der Waals surface area contributed by atoms with Crippen molar-refractivity contribution >= 4 is 11.7 Å². The summed E-state index contributed by atoms with van der Waals surface area (Å²) in [7, 11) is 0. The Labute approximate surface area is 128 Å². The van der Waals surface area contributed by atoms with Crippen molar-refractivity contribution in [3.05, 3.63) is 45.9 Å². The topological polar surface area (TPSA) is 74.8 Å². The second-order valence-corrected chi connectivity index (χ2v) is 6.75. The number of aromatic amines is 1. The van der Waals surface area contributed by atoms with Gasteiger partial charge in [0.1, 0.15) is 5.82 Å². The van der Waals surface area contributed by atoms with Crippen LogP contribution in [0.25, 0.3) is 11.3 Å². The first-order valence-electron chi connectivity index (χ1n) is 7.30. The molecule has 1 heterocycles. The van der Waals surface area contributed by atoms with Crippen LogP contribution in [-0.4, -0.2) is 15.9 Å². The van der Waals surface area contributed by atoms with Crippen LogP contribution in [0.2, 0.25) is 0 Å². The molecule has 0 saturated heterocycles. The average molecular weight is 297 g/mol. The summed E-state index contributed by atoms with van der Waals surface area (Å²) < 4.78 is 0. The molecular weight excluding hydrogens is 278 g/mol. The van der Waals surface area contributed by atoms with Gasteiger partial charge in [-0.25, -0.2) is 4.79 Å². The first-order valence-corrected chi connectivity index (χ1v) is 7.30. The molecule has 0 bridgehead atoms. The molecule has 1 unspecified atom stereocenters. The van der Waals surface area contributed by atoms with Gasteiger partial charge in [0.15, 0.2) is 0 Å². The van der Waals surface area contributed by atoms with E-state index >= 15 is 0 Å². The van der Waals surface area contributed by atoms with Crippen molar-refractivity contribution in [2.75, 3.05) is 5.32 Å². The van der Waals surface area contributed by atoms with Gasteiger partial charge in [0.25, 0.3) is 0 Å². The van der Waals surface area contributed by atoms with E-state index in [2.05, 4.69) is 42.1 Å². The monoisotopic (exact) mass is 297 g/mol. The molecule has 2 N–H and O–H groups in total. The third kappa shape index (κ3) is 2.22. The zero-order chi connectivity index (χ0) is 16.1. The third-order valence-electron chi connectivity index (χ3n) is 3.96. The number of hydrogen-bond donors (Lipinski definition) is 2. The van der Waals surface area contributed by atoms with E-state index in [1.807, 2.05) is 18.2 Å². The molecule has 5 nitrogen and oxygen atoms in total. The molecule has 114 valence electrons. The quantitative estimate of drug-likeness (QED) is 0.850. The van der Waals surface area contributed by atoms with E-state index in [-0.39, 0.29) is 17.2 Å². The molecule has 1 aromatic heterocycles. The fraction of sp³-hybridized carbons (Fsp3) is 0.353. The molecule has 0 spiro atoms. The second-order valence-electron chi connectivity index (χ2n) is 6.75. The van der Waals surface area contributed by atoms with Crippen LogP contribution in [0.15, 0.2) is 29.1 Å². The van der Waals surface area contributed by atoms with Crippen LogP contribution in [-0.2, 0) is 4.79 Å². The highest BCUT2D eigenvalue weighted by Crippen LogP contribution is 2.53. The Morgan fingerprint density at radius 2 is 1.95 bits per heavy atom. The number of nitrogens with zero attached hydrogens (tertiary/aromatic N) is 1. The standard InChI is InChI=1S/C17H19N3O2/c1-9(21)18-15-12-13(17(2,3)4)10-7-5-6-8-11(10)14(12)19-16(22)20-15/h5-8,13H,1-4H3,(H2,18,19,20,21,22). The van der Waals surface area contributed by atoms with Gasteiger partial charge in [-0.05, 0) is 11.0 Å². The van der Waals surface area contributed by atoms with Crippen LogP contribution in [0.5, 0.6) is 0 Å². The van der Waals surface area contributed by atoms with Crippen LogP contribution in [0.1, 0.15) is 44.7 Å². The Kier molecular flexibility index (Phi) is 3.16. The maximum absolute atomic E-state index is 11.9. The average Bonchev–Trinajstić information content (AvgIpc) is 2.73. The van der Waals surface area contributed by atoms with Crippen molar-refractivity contribution < 1.29 is 4.79 Å². The van der Waals surface area contributed by atoms with Crippen LogP contribution >= 0.6 is 0 Å². The number of anilines is 1. The lowest BCUT2D eigenvalue weighted by molar-refractivity contribution is -0.114. The largest absolute Gasteiger partial charge is 0.347 e. The molecule has 0 aliphatic heterocycles. The number of fused-ring (bicyclic) bond motifs is 3. The summed E-state index contributed by atoms with van der Waals surface area (Å²) in [5.74, 6) is 0.191. The summed E-state index contributed by atoms with van der Waals surface area (Å²) in [6, 6.07) is 8.01.